The molecule has 0 unspecified atom stereocenters. The SMILES string of the molecule is O=C(Nc1ccc(Cl)cc1-c1ccccc1)N1C[C@@H](O)[C@@H](O)C1. The zero-order valence-corrected chi connectivity index (χ0v) is 13.1. The average molecular weight is 333 g/mol. The maximum absolute atomic E-state index is 12.3. The molecule has 1 heterocycles. The van der Waals surface area contributed by atoms with Crippen LogP contribution in [0, 0.1) is 0 Å². The Hall–Kier alpha value is -2.08. The van der Waals surface area contributed by atoms with Crippen molar-refractivity contribution >= 4 is 23.3 Å². The predicted octanol–water partition coefficient (Wildman–Crippen LogP) is 2.58. The van der Waals surface area contributed by atoms with Gasteiger partial charge in [0.15, 0.2) is 0 Å². The van der Waals surface area contributed by atoms with Crippen LogP contribution < -0.4 is 5.32 Å². The van der Waals surface area contributed by atoms with Gasteiger partial charge in [0.2, 0.25) is 0 Å². The van der Waals surface area contributed by atoms with Crippen molar-refractivity contribution in [3.8, 4) is 11.1 Å². The first-order chi connectivity index (χ1) is 11.0. The van der Waals surface area contributed by atoms with Crippen molar-refractivity contribution in [2.24, 2.45) is 0 Å². The number of aliphatic hydroxyl groups excluding tert-OH is 2. The quantitative estimate of drug-likeness (QED) is 0.791. The topological polar surface area (TPSA) is 72.8 Å². The Balaban J connectivity index is 1.85. The Kier molecular flexibility index (Phi) is 4.52. The van der Waals surface area contributed by atoms with E-state index in [0.717, 1.165) is 11.1 Å². The van der Waals surface area contributed by atoms with Gasteiger partial charge < -0.3 is 20.4 Å². The number of benzene rings is 2. The molecule has 1 aliphatic heterocycles. The molecule has 0 aromatic heterocycles. The minimum Gasteiger partial charge on any atom is -0.388 e. The van der Waals surface area contributed by atoms with E-state index in [2.05, 4.69) is 5.32 Å². The standard InChI is InChI=1S/C17H17ClN2O3/c18-12-6-7-14(13(8-12)11-4-2-1-3-5-11)19-17(23)20-9-15(21)16(22)10-20/h1-8,15-16,21-22H,9-10H2,(H,19,23)/t15-,16+. The fourth-order valence-electron chi connectivity index (χ4n) is 2.61. The van der Waals surface area contributed by atoms with E-state index in [4.69, 9.17) is 11.6 Å². The maximum atomic E-state index is 12.3. The molecule has 2 aromatic rings. The molecule has 5 nitrogen and oxygen atoms in total. The summed E-state index contributed by atoms with van der Waals surface area (Å²) >= 11 is 6.08. The third kappa shape index (κ3) is 3.47. The minimum absolute atomic E-state index is 0.112. The number of aliphatic hydroxyl groups is 2. The Labute approximate surface area is 139 Å². The van der Waals surface area contributed by atoms with Gasteiger partial charge in [0.05, 0.1) is 31.0 Å². The monoisotopic (exact) mass is 332 g/mol. The number of β-amino-alcohol motifs (C(OH)–C–C–N with tert-alkyl or cyclic N) is 2. The highest BCUT2D eigenvalue weighted by Crippen LogP contribution is 2.31. The zero-order chi connectivity index (χ0) is 16.4. The number of likely N-dealkylation sites (tertiary alicyclic amines) is 1. The summed E-state index contributed by atoms with van der Waals surface area (Å²) in [5.74, 6) is 0. The molecular formula is C17H17ClN2O3. The molecule has 1 saturated heterocycles. The number of halogens is 1. The lowest BCUT2D eigenvalue weighted by molar-refractivity contribution is 0.0572. The molecule has 2 atom stereocenters. The van der Waals surface area contributed by atoms with Crippen molar-refractivity contribution in [3.05, 3.63) is 53.6 Å². The molecule has 120 valence electrons. The molecule has 23 heavy (non-hydrogen) atoms. The fraction of sp³-hybridized carbons (Fsp3) is 0.235. The second kappa shape index (κ2) is 6.58. The molecule has 2 amide bonds. The van der Waals surface area contributed by atoms with Crippen LogP contribution in [0.2, 0.25) is 5.02 Å². The van der Waals surface area contributed by atoms with Gasteiger partial charge in [-0.1, -0.05) is 41.9 Å². The highest BCUT2D eigenvalue weighted by molar-refractivity contribution is 6.31. The number of nitrogens with one attached hydrogen (secondary N) is 1. The summed E-state index contributed by atoms with van der Waals surface area (Å²) in [4.78, 5) is 13.7. The van der Waals surface area contributed by atoms with E-state index in [9.17, 15) is 15.0 Å². The van der Waals surface area contributed by atoms with Crippen molar-refractivity contribution in [2.45, 2.75) is 12.2 Å². The summed E-state index contributed by atoms with van der Waals surface area (Å²) in [6.07, 6.45) is -1.81. The van der Waals surface area contributed by atoms with Crippen LogP contribution in [0.1, 0.15) is 0 Å². The molecule has 0 aliphatic carbocycles. The highest BCUT2D eigenvalue weighted by Gasteiger charge is 2.32. The van der Waals surface area contributed by atoms with Crippen molar-refractivity contribution in [3.63, 3.8) is 0 Å². The molecule has 0 saturated carbocycles. The summed E-state index contributed by atoms with van der Waals surface area (Å²) in [6.45, 7) is 0.225. The smallest absolute Gasteiger partial charge is 0.322 e. The second-order valence-corrected chi connectivity index (χ2v) is 5.96. The van der Waals surface area contributed by atoms with Crippen molar-refractivity contribution < 1.29 is 15.0 Å². The molecule has 1 aliphatic rings. The molecule has 1 fully saturated rings. The predicted molar refractivity (Wildman–Crippen MR) is 89.5 cm³/mol. The van der Waals surface area contributed by atoms with Crippen LogP contribution in [0.15, 0.2) is 48.5 Å². The fourth-order valence-corrected chi connectivity index (χ4v) is 2.78. The Bertz CT molecular complexity index is 698. The first-order valence-electron chi connectivity index (χ1n) is 7.31. The number of urea groups is 1. The van der Waals surface area contributed by atoms with Crippen molar-refractivity contribution in [1.82, 2.24) is 4.90 Å². The van der Waals surface area contributed by atoms with Crippen LogP contribution in [-0.2, 0) is 0 Å². The van der Waals surface area contributed by atoms with Crippen LogP contribution >= 0.6 is 11.6 Å². The van der Waals surface area contributed by atoms with Crippen LogP contribution in [0.5, 0.6) is 0 Å². The van der Waals surface area contributed by atoms with Gasteiger partial charge in [-0.25, -0.2) is 4.79 Å². The van der Waals surface area contributed by atoms with Crippen molar-refractivity contribution in [1.29, 1.82) is 0 Å². The van der Waals surface area contributed by atoms with Crippen molar-refractivity contribution in [2.75, 3.05) is 18.4 Å². The largest absolute Gasteiger partial charge is 0.388 e. The average Bonchev–Trinajstić information content (AvgIpc) is 2.89. The number of carbonyl (C=O) groups is 1. The van der Waals surface area contributed by atoms with E-state index < -0.39 is 12.2 Å². The maximum Gasteiger partial charge on any atom is 0.322 e. The summed E-state index contributed by atoms with van der Waals surface area (Å²) in [5.41, 5.74) is 2.38. The van der Waals surface area contributed by atoms with E-state index in [-0.39, 0.29) is 19.1 Å². The van der Waals surface area contributed by atoms with E-state index in [1.165, 1.54) is 4.90 Å². The molecule has 0 spiro atoms. The molecule has 6 heteroatoms. The van der Waals surface area contributed by atoms with E-state index in [1.54, 1.807) is 18.2 Å². The van der Waals surface area contributed by atoms with Gasteiger partial charge in [0.1, 0.15) is 0 Å². The van der Waals surface area contributed by atoms with E-state index >= 15 is 0 Å². The second-order valence-electron chi connectivity index (χ2n) is 5.53. The van der Waals surface area contributed by atoms with Gasteiger partial charge in [-0.2, -0.15) is 0 Å². The van der Waals surface area contributed by atoms with Gasteiger partial charge in [-0.3, -0.25) is 0 Å². The number of hydrogen-bond acceptors (Lipinski definition) is 3. The number of hydrogen-bond donors (Lipinski definition) is 3. The normalized spacial score (nSPS) is 20.6. The van der Waals surface area contributed by atoms with E-state index in [0.29, 0.717) is 10.7 Å². The summed E-state index contributed by atoms with van der Waals surface area (Å²) < 4.78 is 0. The number of rotatable bonds is 2. The first kappa shape index (κ1) is 15.8. The molecule has 3 N–H and O–H groups in total. The third-order valence-corrected chi connectivity index (χ3v) is 4.09. The lowest BCUT2D eigenvalue weighted by atomic mass is 10.0. The van der Waals surface area contributed by atoms with Gasteiger partial charge >= 0.3 is 6.03 Å². The van der Waals surface area contributed by atoms with Gasteiger partial charge in [0.25, 0.3) is 0 Å². The Morgan fingerprint density at radius 3 is 2.39 bits per heavy atom. The van der Waals surface area contributed by atoms with Crippen LogP contribution in [-0.4, -0.2) is 46.4 Å². The Morgan fingerprint density at radius 2 is 1.74 bits per heavy atom. The van der Waals surface area contributed by atoms with E-state index in [1.807, 2.05) is 30.3 Å². The van der Waals surface area contributed by atoms with Gasteiger partial charge in [-0.15, -0.1) is 0 Å². The summed E-state index contributed by atoms with van der Waals surface area (Å²) in [5, 5.41) is 22.5. The van der Waals surface area contributed by atoms with Crippen LogP contribution in [0.3, 0.4) is 0 Å². The number of anilines is 1. The molecule has 0 radical (unpaired) electrons. The van der Waals surface area contributed by atoms with Gasteiger partial charge in [-0.05, 0) is 23.8 Å². The minimum atomic E-state index is -0.903. The van der Waals surface area contributed by atoms with Crippen LogP contribution in [0.25, 0.3) is 11.1 Å². The third-order valence-electron chi connectivity index (χ3n) is 3.85. The summed E-state index contributed by atoms with van der Waals surface area (Å²) in [7, 11) is 0. The number of carbonyl (C=O) groups excluding carboxylic acids is 1. The number of nitrogens with zero attached hydrogens (tertiary/aromatic N) is 1. The Morgan fingerprint density at radius 1 is 1.09 bits per heavy atom. The molecule has 2 aromatic carbocycles. The molecule has 3 rings (SSSR count). The molecule has 0 bridgehead atoms. The number of amides is 2. The highest BCUT2D eigenvalue weighted by atomic mass is 35.5. The molecular weight excluding hydrogens is 316 g/mol. The summed E-state index contributed by atoms with van der Waals surface area (Å²) in [6, 6.07) is 14.5. The van der Waals surface area contributed by atoms with Crippen LogP contribution in [0.4, 0.5) is 10.5 Å². The lowest BCUT2D eigenvalue weighted by Gasteiger charge is -2.18. The first-order valence-corrected chi connectivity index (χ1v) is 7.69. The zero-order valence-electron chi connectivity index (χ0n) is 12.3. The van der Waals surface area contributed by atoms with Gasteiger partial charge in [0, 0.05) is 10.6 Å². The lowest BCUT2D eigenvalue weighted by Crippen LogP contribution is -2.34.